The van der Waals surface area contributed by atoms with Gasteiger partial charge in [0.15, 0.2) is 11.6 Å². The number of aromatic nitrogens is 2. The lowest BCUT2D eigenvalue weighted by molar-refractivity contribution is -0.110. The summed E-state index contributed by atoms with van der Waals surface area (Å²) in [6.07, 6.45) is 4.56. The molecule has 0 spiro atoms. The number of nitrogens with zero attached hydrogens (tertiary/aromatic N) is 4. The van der Waals surface area contributed by atoms with Crippen molar-refractivity contribution in [3.05, 3.63) is 82.7 Å². The number of aldehydes is 1. The first-order valence-corrected chi connectivity index (χ1v) is 11.3. The Labute approximate surface area is 203 Å². The van der Waals surface area contributed by atoms with Crippen LogP contribution in [0.1, 0.15) is 41.6 Å². The Morgan fingerprint density at radius 2 is 1.80 bits per heavy atom. The molecule has 4 rings (SSSR count). The second kappa shape index (κ2) is 9.71. The fourth-order valence-corrected chi connectivity index (χ4v) is 4.79. The minimum absolute atomic E-state index is 0.0563. The third kappa shape index (κ3) is 4.42. The first-order valence-electron chi connectivity index (χ1n) is 11.3. The van der Waals surface area contributed by atoms with Crippen molar-refractivity contribution in [1.82, 2.24) is 14.7 Å². The van der Waals surface area contributed by atoms with E-state index in [1.807, 2.05) is 25.2 Å². The number of benzene rings is 2. The van der Waals surface area contributed by atoms with E-state index in [0.29, 0.717) is 12.0 Å². The molecule has 0 saturated heterocycles. The molecule has 0 radical (unpaired) electrons. The average Bonchev–Trinajstić information content (AvgIpc) is 3.24. The van der Waals surface area contributed by atoms with Gasteiger partial charge in [0.25, 0.3) is 0 Å². The Morgan fingerprint density at radius 3 is 2.46 bits per heavy atom. The predicted molar refractivity (Wildman–Crippen MR) is 129 cm³/mol. The molecule has 2 aromatic carbocycles. The molecule has 1 aromatic heterocycles. The standard InChI is InChI=1S/C27H26F2N4O2/c1-31(25-22(28)16-20(17-23(25)29)12-11-19-8-5-4-6-9-19)26(35)32(2)27(14-15-34)13-7-10-24-21(27)18-30-33(24)3/h4-6,8-9,15-18H,7,10,13-14H2,1-3H3/t27-/m0/s1. The van der Waals surface area contributed by atoms with Crippen molar-refractivity contribution in [2.75, 3.05) is 19.0 Å². The summed E-state index contributed by atoms with van der Waals surface area (Å²) in [5.74, 6) is 3.82. The van der Waals surface area contributed by atoms with Crippen LogP contribution in [0.3, 0.4) is 0 Å². The first kappa shape index (κ1) is 24.1. The molecule has 1 aliphatic rings. The van der Waals surface area contributed by atoms with Gasteiger partial charge in [0.1, 0.15) is 12.0 Å². The molecule has 0 unspecified atom stereocenters. The minimum atomic E-state index is -0.941. The molecule has 35 heavy (non-hydrogen) atoms. The third-order valence-electron chi connectivity index (χ3n) is 6.68. The Bertz CT molecular complexity index is 1300. The van der Waals surface area contributed by atoms with Gasteiger partial charge in [-0.15, -0.1) is 0 Å². The van der Waals surface area contributed by atoms with Crippen LogP contribution in [0.25, 0.3) is 0 Å². The zero-order valence-electron chi connectivity index (χ0n) is 19.9. The lowest BCUT2D eigenvalue weighted by Crippen LogP contribution is -2.53. The van der Waals surface area contributed by atoms with Gasteiger partial charge in [-0.2, -0.15) is 5.10 Å². The molecule has 1 heterocycles. The summed E-state index contributed by atoms with van der Waals surface area (Å²) in [6.45, 7) is 0. The van der Waals surface area contributed by atoms with Crippen LogP contribution in [0.4, 0.5) is 19.3 Å². The molecule has 2 amide bonds. The molecule has 0 aliphatic heterocycles. The number of urea groups is 1. The van der Waals surface area contributed by atoms with Crippen molar-refractivity contribution in [3.63, 3.8) is 0 Å². The van der Waals surface area contributed by atoms with Crippen LogP contribution < -0.4 is 4.90 Å². The molecule has 0 bridgehead atoms. The number of fused-ring (bicyclic) bond motifs is 1. The van der Waals surface area contributed by atoms with E-state index in [1.54, 1.807) is 30.1 Å². The quantitative estimate of drug-likeness (QED) is 0.414. The molecular formula is C27H26F2N4O2. The normalized spacial score (nSPS) is 16.6. The maximum Gasteiger partial charge on any atom is 0.324 e. The van der Waals surface area contributed by atoms with E-state index in [9.17, 15) is 9.59 Å². The van der Waals surface area contributed by atoms with Gasteiger partial charge in [0.2, 0.25) is 0 Å². The number of carbonyl (C=O) groups excluding carboxylic acids is 2. The van der Waals surface area contributed by atoms with Crippen molar-refractivity contribution in [3.8, 4) is 11.8 Å². The number of aryl methyl sites for hydroxylation is 1. The van der Waals surface area contributed by atoms with Crippen LogP contribution in [-0.2, 0) is 23.8 Å². The van der Waals surface area contributed by atoms with E-state index in [-0.39, 0.29) is 12.0 Å². The van der Waals surface area contributed by atoms with Gasteiger partial charge in [-0.3, -0.25) is 9.58 Å². The highest BCUT2D eigenvalue weighted by molar-refractivity contribution is 5.92. The summed E-state index contributed by atoms with van der Waals surface area (Å²) in [6, 6.07) is 10.7. The Hall–Kier alpha value is -3.99. The van der Waals surface area contributed by atoms with Gasteiger partial charge in [0.05, 0.1) is 11.7 Å². The molecule has 180 valence electrons. The summed E-state index contributed by atoms with van der Waals surface area (Å²) in [4.78, 5) is 27.5. The lowest BCUT2D eigenvalue weighted by atomic mass is 9.76. The average molecular weight is 477 g/mol. The fraction of sp³-hybridized carbons (Fsp3) is 0.296. The summed E-state index contributed by atoms with van der Waals surface area (Å²) >= 11 is 0. The zero-order valence-corrected chi connectivity index (χ0v) is 19.9. The summed E-state index contributed by atoms with van der Waals surface area (Å²) in [7, 11) is 4.69. The Kier molecular flexibility index (Phi) is 6.70. The summed E-state index contributed by atoms with van der Waals surface area (Å²) in [5, 5.41) is 4.31. The Balaban J connectivity index is 1.65. The van der Waals surface area contributed by atoms with E-state index >= 15 is 8.78 Å². The van der Waals surface area contributed by atoms with Gasteiger partial charge in [-0.1, -0.05) is 30.0 Å². The SMILES string of the molecule is CN(C(=O)N(C)[C@]1(CC=O)CCCc2c1cnn2C)c1c(F)cc(C#Cc2ccccc2)cc1F. The molecule has 0 N–H and O–H groups in total. The number of anilines is 1. The largest absolute Gasteiger partial charge is 0.324 e. The van der Waals surface area contributed by atoms with Crippen LogP contribution in [0.2, 0.25) is 0 Å². The Morgan fingerprint density at radius 1 is 1.14 bits per heavy atom. The van der Waals surface area contributed by atoms with E-state index in [0.717, 1.165) is 47.4 Å². The highest BCUT2D eigenvalue weighted by Gasteiger charge is 2.45. The minimum Gasteiger partial charge on any atom is -0.317 e. The van der Waals surface area contributed by atoms with Gasteiger partial charge in [-0.05, 0) is 43.5 Å². The highest BCUT2D eigenvalue weighted by atomic mass is 19.1. The first-order chi connectivity index (χ1) is 16.8. The second-order valence-electron chi connectivity index (χ2n) is 8.69. The summed E-state index contributed by atoms with van der Waals surface area (Å²) < 4.78 is 31.8. The number of rotatable bonds is 4. The second-order valence-corrected chi connectivity index (χ2v) is 8.69. The molecule has 3 aromatic rings. The number of halogens is 2. The number of hydrogen-bond donors (Lipinski definition) is 0. The van der Waals surface area contributed by atoms with Crippen molar-refractivity contribution < 1.29 is 18.4 Å². The molecular weight excluding hydrogens is 450 g/mol. The van der Waals surface area contributed by atoms with Gasteiger partial charge < -0.3 is 9.69 Å². The molecule has 1 aliphatic carbocycles. The van der Waals surface area contributed by atoms with Crippen LogP contribution in [0.5, 0.6) is 0 Å². The number of carbonyl (C=O) groups is 2. The van der Waals surface area contributed by atoms with E-state index in [1.165, 1.54) is 11.9 Å². The van der Waals surface area contributed by atoms with Crippen molar-refractivity contribution in [2.24, 2.45) is 7.05 Å². The summed E-state index contributed by atoms with van der Waals surface area (Å²) in [5.41, 5.74) is 1.19. The van der Waals surface area contributed by atoms with Gasteiger partial charge in [-0.25, -0.2) is 13.6 Å². The molecule has 8 heteroatoms. The van der Waals surface area contributed by atoms with Gasteiger partial charge in [0, 0.05) is 49.9 Å². The third-order valence-corrected chi connectivity index (χ3v) is 6.68. The molecule has 1 atom stereocenters. The highest BCUT2D eigenvalue weighted by Crippen LogP contribution is 2.42. The van der Waals surface area contributed by atoms with Crippen LogP contribution >= 0.6 is 0 Å². The van der Waals surface area contributed by atoms with Crippen molar-refractivity contribution >= 4 is 18.0 Å². The van der Waals surface area contributed by atoms with E-state index in [2.05, 4.69) is 16.9 Å². The fourth-order valence-electron chi connectivity index (χ4n) is 4.79. The van der Waals surface area contributed by atoms with E-state index < -0.39 is 28.9 Å². The van der Waals surface area contributed by atoms with Crippen molar-refractivity contribution in [2.45, 2.75) is 31.2 Å². The van der Waals surface area contributed by atoms with Gasteiger partial charge >= 0.3 is 6.03 Å². The van der Waals surface area contributed by atoms with E-state index in [4.69, 9.17) is 0 Å². The van der Waals surface area contributed by atoms with Crippen LogP contribution in [0, 0.1) is 23.5 Å². The number of amides is 2. The topological polar surface area (TPSA) is 58.4 Å². The smallest absolute Gasteiger partial charge is 0.317 e. The molecule has 0 fully saturated rings. The molecule has 6 nitrogen and oxygen atoms in total. The van der Waals surface area contributed by atoms with Crippen LogP contribution in [-0.4, -0.2) is 41.1 Å². The molecule has 0 saturated carbocycles. The van der Waals surface area contributed by atoms with Crippen molar-refractivity contribution in [1.29, 1.82) is 0 Å². The number of hydrogen-bond acceptors (Lipinski definition) is 3. The predicted octanol–water partition coefficient (Wildman–Crippen LogP) is 4.41. The maximum atomic E-state index is 15.0. The lowest BCUT2D eigenvalue weighted by Gasteiger charge is -2.44. The van der Waals surface area contributed by atoms with Crippen LogP contribution in [0.15, 0.2) is 48.7 Å². The zero-order chi connectivity index (χ0) is 25.2. The maximum absolute atomic E-state index is 15.0. The monoisotopic (exact) mass is 476 g/mol.